The van der Waals surface area contributed by atoms with Crippen molar-refractivity contribution in [1.29, 1.82) is 5.26 Å². The molecule has 1 aliphatic heterocycles. The van der Waals surface area contributed by atoms with Crippen molar-refractivity contribution in [2.45, 2.75) is 50.0 Å². The molecule has 25 heavy (non-hydrogen) atoms. The molecule has 0 N–H and O–H groups in total. The van der Waals surface area contributed by atoms with Crippen molar-refractivity contribution in [1.82, 2.24) is 20.1 Å². The fourth-order valence-electron chi connectivity index (χ4n) is 4.70. The molecule has 0 unspecified atom stereocenters. The fourth-order valence-corrected chi connectivity index (χ4v) is 4.70. The molecular weight excluding hydrogens is 314 g/mol. The number of hydrogen-bond donors (Lipinski definition) is 0. The average molecular weight is 335 g/mol. The lowest BCUT2D eigenvalue weighted by molar-refractivity contribution is 0.263. The van der Waals surface area contributed by atoms with Crippen LogP contribution < -0.4 is 0 Å². The normalized spacial score (nSPS) is 28.8. The molecule has 2 saturated carbocycles. The van der Waals surface area contributed by atoms with E-state index >= 15 is 0 Å². The lowest BCUT2D eigenvalue weighted by Gasteiger charge is -2.24. The van der Waals surface area contributed by atoms with Crippen LogP contribution in [0.5, 0.6) is 0 Å². The van der Waals surface area contributed by atoms with Gasteiger partial charge in [0.2, 0.25) is 11.8 Å². The molecule has 2 aromatic rings. The summed E-state index contributed by atoms with van der Waals surface area (Å²) in [5.74, 6) is 2.78. The zero-order chi connectivity index (χ0) is 16.9. The van der Waals surface area contributed by atoms with Crippen LogP contribution in [-0.2, 0) is 12.0 Å². The van der Waals surface area contributed by atoms with E-state index in [4.69, 9.17) is 4.42 Å². The highest BCUT2D eigenvalue weighted by atomic mass is 16.4. The van der Waals surface area contributed by atoms with E-state index in [0.29, 0.717) is 17.4 Å². The van der Waals surface area contributed by atoms with Gasteiger partial charge in [-0.2, -0.15) is 5.26 Å². The molecule has 2 aromatic heterocycles. The molecule has 2 atom stereocenters. The van der Waals surface area contributed by atoms with Crippen LogP contribution >= 0.6 is 0 Å². The summed E-state index contributed by atoms with van der Waals surface area (Å²) < 4.78 is 6.13. The highest BCUT2D eigenvalue weighted by Gasteiger charge is 2.54. The molecule has 5 rings (SSSR count). The predicted octanol–water partition coefficient (Wildman–Crippen LogP) is 2.77. The van der Waals surface area contributed by atoms with Gasteiger partial charge in [0, 0.05) is 37.9 Å². The van der Waals surface area contributed by atoms with E-state index in [1.54, 1.807) is 12.4 Å². The highest BCUT2D eigenvalue weighted by molar-refractivity contribution is 5.34. The smallest absolute Gasteiger partial charge is 0.224 e. The number of nitriles is 1. The first-order chi connectivity index (χ1) is 12.3. The lowest BCUT2D eigenvalue weighted by Crippen LogP contribution is -2.32. The van der Waals surface area contributed by atoms with Crippen molar-refractivity contribution in [3.05, 3.63) is 41.4 Å². The number of hydrogen-bond acceptors (Lipinski definition) is 6. The molecule has 3 heterocycles. The molecule has 128 valence electrons. The lowest BCUT2D eigenvalue weighted by atomic mass is 9.80. The third kappa shape index (κ3) is 2.46. The van der Waals surface area contributed by atoms with Crippen LogP contribution in [0.3, 0.4) is 0 Å². The summed E-state index contributed by atoms with van der Waals surface area (Å²) in [6.07, 6.45) is 9.37. The van der Waals surface area contributed by atoms with Gasteiger partial charge in [0.15, 0.2) is 0 Å². The SMILES string of the molecule is N#Cc1cnccc1CN1C[C@@H]2CCC[C@]2(c2nnc(C3CC3)o2)C1. The molecule has 3 fully saturated rings. The van der Waals surface area contributed by atoms with Gasteiger partial charge in [0.25, 0.3) is 0 Å². The molecule has 2 aliphatic carbocycles. The van der Waals surface area contributed by atoms with Gasteiger partial charge < -0.3 is 4.42 Å². The van der Waals surface area contributed by atoms with Crippen LogP contribution in [0.25, 0.3) is 0 Å². The molecule has 6 heteroatoms. The Morgan fingerprint density at radius 2 is 2.24 bits per heavy atom. The number of pyridine rings is 1. The first-order valence-electron chi connectivity index (χ1n) is 9.18. The minimum atomic E-state index is 0.0139. The van der Waals surface area contributed by atoms with Crippen LogP contribution in [0.2, 0.25) is 0 Å². The topological polar surface area (TPSA) is 78.8 Å². The minimum Gasteiger partial charge on any atom is -0.424 e. The van der Waals surface area contributed by atoms with Crippen molar-refractivity contribution >= 4 is 0 Å². The molecule has 1 saturated heterocycles. The van der Waals surface area contributed by atoms with Crippen molar-refractivity contribution in [2.24, 2.45) is 5.92 Å². The largest absolute Gasteiger partial charge is 0.424 e. The summed E-state index contributed by atoms with van der Waals surface area (Å²) in [6.45, 7) is 2.76. The van der Waals surface area contributed by atoms with Crippen molar-refractivity contribution < 1.29 is 4.42 Å². The zero-order valence-corrected chi connectivity index (χ0v) is 14.2. The third-order valence-electron chi connectivity index (χ3n) is 6.16. The van der Waals surface area contributed by atoms with Gasteiger partial charge in [0.1, 0.15) is 6.07 Å². The minimum absolute atomic E-state index is 0.0139. The van der Waals surface area contributed by atoms with Gasteiger partial charge in [-0.15, -0.1) is 10.2 Å². The summed E-state index contributed by atoms with van der Waals surface area (Å²) in [4.78, 5) is 6.51. The number of likely N-dealkylation sites (tertiary alicyclic amines) is 1. The van der Waals surface area contributed by atoms with Crippen molar-refractivity contribution in [3.8, 4) is 6.07 Å². The molecule has 0 amide bonds. The van der Waals surface area contributed by atoms with Gasteiger partial charge in [-0.05, 0) is 43.2 Å². The molecular formula is C19H21N5O. The number of nitrogens with zero attached hydrogens (tertiary/aromatic N) is 5. The van der Waals surface area contributed by atoms with E-state index in [9.17, 15) is 5.26 Å². The van der Waals surface area contributed by atoms with E-state index in [2.05, 4.69) is 26.2 Å². The van der Waals surface area contributed by atoms with Gasteiger partial charge in [0.05, 0.1) is 11.0 Å². The van der Waals surface area contributed by atoms with Crippen LogP contribution in [0.1, 0.15) is 60.9 Å². The highest BCUT2D eigenvalue weighted by Crippen LogP contribution is 2.51. The van der Waals surface area contributed by atoms with Crippen LogP contribution in [0.15, 0.2) is 22.9 Å². The summed E-state index contributed by atoms with van der Waals surface area (Å²) >= 11 is 0. The van der Waals surface area contributed by atoms with Crippen LogP contribution in [0, 0.1) is 17.2 Å². The summed E-state index contributed by atoms with van der Waals surface area (Å²) in [7, 11) is 0. The Kier molecular flexibility index (Phi) is 3.39. The molecule has 3 aliphatic rings. The van der Waals surface area contributed by atoms with E-state index in [-0.39, 0.29) is 5.41 Å². The summed E-state index contributed by atoms with van der Waals surface area (Å²) in [5, 5.41) is 18.1. The maximum absolute atomic E-state index is 9.30. The Morgan fingerprint density at radius 1 is 1.32 bits per heavy atom. The van der Waals surface area contributed by atoms with E-state index < -0.39 is 0 Å². The van der Waals surface area contributed by atoms with Gasteiger partial charge >= 0.3 is 0 Å². The van der Waals surface area contributed by atoms with Gasteiger partial charge in [-0.3, -0.25) is 9.88 Å². The molecule has 0 radical (unpaired) electrons. The summed E-state index contributed by atoms with van der Waals surface area (Å²) in [6, 6.07) is 4.21. The first-order valence-corrected chi connectivity index (χ1v) is 9.18. The summed E-state index contributed by atoms with van der Waals surface area (Å²) in [5.41, 5.74) is 1.74. The predicted molar refractivity (Wildman–Crippen MR) is 89.5 cm³/mol. The maximum Gasteiger partial charge on any atom is 0.224 e. The van der Waals surface area contributed by atoms with E-state index in [1.807, 2.05) is 6.07 Å². The third-order valence-corrected chi connectivity index (χ3v) is 6.16. The Morgan fingerprint density at radius 3 is 3.08 bits per heavy atom. The van der Waals surface area contributed by atoms with E-state index in [0.717, 1.165) is 43.4 Å². The van der Waals surface area contributed by atoms with Gasteiger partial charge in [-0.1, -0.05) is 6.42 Å². The van der Waals surface area contributed by atoms with Crippen LogP contribution in [-0.4, -0.2) is 33.2 Å². The standard InChI is InChI=1S/C19H21N5O/c20-8-15-9-21-7-5-14(15)10-24-11-16-2-1-6-19(16,12-24)18-23-22-17(25-18)13-3-4-13/h5,7,9,13,16H,1-4,6,10-12H2/t16-,19-/m0/s1. The Hall–Kier alpha value is -2.26. The van der Waals surface area contributed by atoms with Crippen molar-refractivity contribution in [3.63, 3.8) is 0 Å². The number of rotatable bonds is 4. The number of aromatic nitrogens is 3. The zero-order valence-electron chi connectivity index (χ0n) is 14.2. The molecule has 0 bridgehead atoms. The monoisotopic (exact) mass is 335 g/mol. The maximum atomic E-state index is 9.30. The Labute approximate surface area is 146 Å². The first kappa shape index (κ1) is 15.0. The molecule has 6 nitrogen and oxygen atoms in total. The second-order valence-corrected chi connectivity index (χ2v) is 7.78. The number of fused-ring (bicyclic) bond motifs is 1. The average Bonchev–Trinajstić information content (AvgIpc) is 3.05. The quantitative estimate of drug-likeness (QED) is 0.855. The second kappa shape index (κ2) is 5.63. The molecule has 0 aromatic carbocycles. The van der Waals surface area contributed by atoms with Crippen LogP contribution in [0.4, 0.5) is 0 Å². The fraction of sp³-hybridized carbons (Fsp3) is 0.579. The van der Waals surface area contributed by atoms with Crippen molar-refractivity contribution in [2.75, 3.05) is 13.1 Å². The van der Waals surface area contributed by atoms with Gasteiger partial charge in [-0.25, -0.2) is 0 Å². The Balaban J connectivity index is 1.40. The van der Waals surface area contributed by atoms with E-state index in [1.165, 1.54) is 25.7 Å². The molecule has 0 spiro atoms. The second-order valence-electron chi connectivity index (χ2n) is 7.78. The Bertz CT molecular complexity index is 836.